The average molecular weight is 311 g/mol. The van der Waals surface area contributed by atoms with E-state index < -0.39 is 0 Å². The molecule has 0 aliphatic heterocycles. The number of rotatable bonds is 5. The van der Waals surface area contributed by atoms with Gasteiger partial charge in [0, 0.05) is 37.8 Å². The van der Waals surface area contributed by atoms with Gasteiger partial charge >= 0.3 is 0 Å². The van der Waals surface area contributed by atoms with Crippen LogP contribution in [-0.4, -0.2) is 36.3 Å². The maximum Gasteiger partial charge on any atom is 0.163 e. The van der Waals surface area contributed by atoms with Crippen LogP contribution in [0.15, 0.2) is 18.7 Å². The topological polar surface area (TPSA) is 84.3 Å². The molecule has 23 heavy (non-hydrogen) atoms. The van der Waals surface area contributed by atoms with Gasteiger partial charge in [-0.05, 0) is 12.8 Å². The van der Waals surface area contributed by atoms with E-state index in [1.54, 1.807) is 6.33 Å². The van der Waals surface area contributed by atoms with Gasteiger partial charge in [0.2, 0.25) is 0 Å². The highest BCUT2D eigenvalue weighted by molar-refractivity contribution is 5.86. The van der Waals surface area contributed by atoms with Gasteiger partial charge in [-0.3, -0.25) is 4.68 Å². The molecular formula is C16H21N7. The van der Waals surface area contributed by atoms with Crippen LogP contribution in [-0.2, 0) is 13.5 Å². The van der Waals surface area contributed by atoms with Crippen LogP contribution < -0.4 is 5.32 Å². The molecule has 0 spiro atoms. The monoisotopic (exact) mass is 311 g/mol. The van der Waals surface area contributed by atoms with Crippen molar-refractivity contribution in [1.82, 2.24) is 29.7 Å². The summed E-state index contributed by atoms with van der Waals surface area (Å²) < 4.78 is 1.83. The summed E-state index contributed by atoms with van der Waals surface area (Å²) >= 11 is 0. The second kappa shape index (κ2) is 5.98. The van der Waals surface area contributed by atoms with Gasteiger partial charge in [0.25, 0.3) is 0 Å². The van der Waals surface area contributed by atoms with Crippen molar-refractivity contribution in [2.45, 2.75) is 38.0 Å². The van der Waals surface area contributed by atoms with Gasteiger partial charge in [0.05, 0.1) is 17.9 Å². The van der Waals surface area contributed by atoms with Crippen molar-refractivity contribution in [2.75, 3.05) is 11.9 Å². The van der Waals surface area contributed by atoms with Gasteiger partial charge in [-0.1, -0.05) is 12.8 Å². The van der Waals surface area contributed by atoms with Crippen LogP contribution in [0.4, 0.5) is 5.82 Å². The third-order valence-electron chi connectivity index (χ3n) is 4.57. The molecule has 2 N–H and O–H groups in total. The van der Waals surface area contributed by atoms with Gasteiger partial charge in [-0.2, -0.15) is 5.10 Å². The number of hydrogen-bond acceptors (Lipinski definition) is 5. The van der Waals surface area contributed by atoms with Gasteiger partial charge in [0.1, 0.15) is 11.6 Å². The van der Waals surface area contributed by atoms with E-state index in [1.165, 1.54) is 25.7 Å². The third-order valence-corrected chi connectivity index (χ3v) is 4.57. The zero-order chi connectivity index (χ0) is 15.6. The van der Waals surface area contributed by atoms with Crippen LogP contribution in [0, 0.1) is 0 Å². The highest BCUT2D eigenvalue weighted by atomic mass is 15.3. The number of fused-ring (bicyclic) bond motifs is 1. The van der Waals surface area contributed by atoms with E-state index in [-0.39, 0.29) is 0 Å². The van der Waals surface area contributed by atoms with Gasteiger partial charge < -0.3 is 10.3 Å². The number of nitrogens with zero attached hydrogens (tertiary/aromatic N) is 5. The molecule has 1 aliphatic carbocycles. The molecule has 1 fully saturated rings. The first-order valence-corrected chi connectivity index (χ1v) is 8.22. The molecule has 0 saturated heterocycles. The molecule has 0 radical (unpaired) electrons. The molecule has 3 aromatic heterocycles. The lowest BCUT2D eigenvalue weighted by Gasteiger charge is -2.12. The predicted molar refractivity (Wildman–Crippen MR) is 88.3 cm³/mol. The van der Waals surface area contributed by atoms with Crippen molar-refractivity contribution < 1.29 is 0 Å². The Bertz CT molecular complexity index is 784. The van der Waals surface area contributed by atoms with Crippen LogP contribution in [0.5, 0.6) is 0 Å². The molecule has 0 aromatic carbocycles. The maximum atomic E-state index is 4.81. The fraction of sp³-hybridized carbons (Fsp3) is 0.500. The van der Waals surface area contributed by atoms with Crippen molar-refractivity contribution in [2.24, 2.45) is 7.05 Å². The number of anilines is 1. The van der Waals surface area contributed by atoms with Gasteiger partial charge in [0.15, 0.2) is 5.65 Å². The van der Waals surface area contributed by atoms with E-state index in [1.807, 2.05) is 24.1 Å². The molecule has 120 valence electrons. The number of aryl methyl sites for hydroxylation is 1. The standard InChI is InChI=1S/C16H21N7/c1-23-16-13(9-20-23)15(18-7-6-12-8-17-10-19-12)21-14(22-16)11-4-2-3-5-11/h8-11H,2-7H2,1H3,(H,17,19)(H,18,21,22). The number of aromatic nitrogens is 6. The fourth-order valence-electron chi connectivity index (χ4n) is 3.28. The zero-order valence-corrected chi connectivity index (χ0v) is 13.3. The van der Waals surface area contributed by atoms with E-state index in [9.17, 15) is 0 Å². The summed E-state index contributed by atoms with van der Waals surface area (Å²) in [6.07, 6.45) is 11.2. The highest BCUT2D eigenvalue weighted by Gasteiger charge is 2.22. The van der Waals surface area contributed by atoms with E-state index in [0.717, 1.165) is 41.3 Å². The predicted octanol–water partition coefficient (Wildman–Crippen LogP) is 2.40. The molecule has 3 heterocycles. The SMILES string of the molecule is Cn1ncc2c(NCCc3cnc[nH]3)nc(C3CCCC3)nc21. The van der Waals surface area contributed by atoms with Crippen molar-refractivity contribution in [3.8, 4) is 0 Å². The molecular weight excluding hydrogens is 290 g/mol. The first-order chi connectivity index (χ1) is 11.3. The molecule has 1 saturated carbocycles. The minimum atomic E-state index is 0.488. The molecule has 0 unspecified atom stereocenters. The first-order valence-electron chi connectivity index (χ1n) is 8.22. The number of nitrogens with one attached hydrogen (secondary N) is 2. The van der Waals surface area contributed by atoms with Crippen LogP contribution in [0.3, 0.4) is 0 Å². The number of imidazole rings is 1. The van der Waals surface area contributed by atoms with E-state index >= 15 is 0 Å². The largest absolute Gasteiger partial charge is 0.369 e. The average Bonchev–Trinajstić information content (AvgIpc) is 3.29. The molecule has 3 aromatic rings. The Hall–Kier alpha value is -2.44. The summed E-state index contributed by atoms with van der Waals surface area (Å²) in [5.74, 6) is 2.34. The molecule has 0 atom stereocenters. The maximum absolute atomic E-state index is 4.81. The Morgan fingerprint density at radius 1 is 1.26 bits per heavy atom. The van der Waals surface area contributed by atoms with Crippen LogP contribution in [0.1, 0.15) is 43.1 Å². The summed E-state index contributed by atoms with van der Waals surface area (Å²) in [6, 6.07) is 0. The third kappa shape index (κ3) is 2.78. The Labute approximate surface area is 134 Å². The second-order valence-corrected chi connectivity index (χ2v) is 6.17. The van der Waals surface area contributed by atoms with E-state index in [2.05, 4.69) is 20.4 Å². The Morgan fingerprint density at radius 3 is 2.91 bits per heavy atom. The van der Waals surface area contributed by atoms with Crippen molar-refractivity contribution in [3.05, 3.63) is 30.2 Å². The molecule has 7 heteroatoms. The molecule has 0 bridgehead atoms. The van der Waals surface area contributed by atoms with Gasteiger partial charge in [-0.15, -0.1) is 0 Å². The summed E-state index contributed by atoms with van der Waals surface area (Å²) in [4.78, 5) is 16.7. The van der Waals surface area contributed by atoms with Crippen LogP contribution in [0.2, 0.25) is 0 Å². The minimum absolute atomic E-state index is 0.488. The molecule has 4 rings (SSSR count). The van der Waals surface area contributed by atoms with Crippen LogP contribution in [0.25, 0.3) is 11.0 Å². The highest BCUT2D eigenvalue weighted by Crippen LogP contribution is 2.33. The van der Waals surface area contributed by atoms with E-state index in [0.29, 0.717) is 5.92 Å². The van der Waals surface area contributed by atoms with Crippen molar-refractivity contribution in [3.63, 3.8) is 0 Å². The summed E-state index contributed by atoms with van der Waals surface area (Å²) in [7, 11) is 1.93. The fourth-order valence-corrected chi connectivity index (χ4v) is 3.28. The Kier molecular flexibility index (Phi) is 3.69. The normalized spacial score (nSPS) is 15.5. The molecule has 0 amide bonds. The number of aromatic amines is 1. The minimum Gasteiger partial charge on any atom is -0.369 e. The summed E-state index contributed by atoms with van der Waals surface area (Å²) in [6.45, 7) is 0.799. The molecule has 1 aliphatic rings. The Balaban J connectivity index is 1.60. The lowest BCUT2D eigenvalue weighted by atomic mass is 10.1. The lowest BCUT2D eigenvalue weighted by molar-refractivity contribution is 0.667. The quantitative estimate of drug-likeness (QED) is 0.756. The van der Waals surface area contributed by atoms with Gasteiger partial charge in [-0.25, -0.2) is 15.0 Å². The number of H-pyrrole nitrogens is 1. The van der Waals surface area contributed by atoms with Crippen LogP contribution >= 0.6 is 0 Å². The Morgan fingerprint density at radius 2 is 2.13 bits per heavy atom. The van der Waals surface area contributed by atoms with E-state index in [4.69, 9.17) is 9.97 Å². The number of hydrogen-bond donors (Lipinski definition) is 2. The van der Waals surface area contributed by atoms with Crippen molar-refractivity contribution in [1.29, 1.82) is 0 Å². The zero-order valence-electron chi connectivity index (χ0n) is 13.3. The first kappa shape index (κ1) is 14.2. The lowest BCUT2D eigenvalue weighted by Crippen LogP contribution is -2.10. The second-order valence-electron chi connectivity index (χ2n) is 6.17. The van der Waals surface area contributed by atoms with Crippen molar-refractivity contribution >= 4 is 16.9 Å². The summed E-state index contributed by atoms with van der Waals surface area (Å²) in [5.41, 5.74) is 2.02. The molecule has 7 nitrogen and oxygen atoms in total. The summed E-state index contributed by atoms with van der Waals surface area (Å²) in [5, 5.41) is 8.78. The smallest absolute Gasteiger partial charge is 0.163 e.